The Morgan fingerprint density at radius 3 is 2.68 bits per heavy atom. The molecule has 2 heterocycles. The Kier molecular flexibility index (Phi) is 2.42. The Morgan fingerprint density at radius 2 is 1.95 bits per heavy atom. The first kappa shape index (κ1) is 11.5. The van der Waals surface area contributed by atoms with Crippen molar-refractivity contribution in [1.29, 1.82) is 0 Å². The van der Waals surface area contributed by atoms with Crippen LogP contribution in [-0.2, 0) is 0 Å². The smallest absolute Gasteiger partial charge is 0.278 e. The standard InChI is InChI=1S/C11H9ClN6O/c12-5-3-4(1-2-6(5)13)8-15-7-9(16-8)17-11(14)18-10(7)19/h1-3H,13H2,(H4,14,15,16,17,18,19). The highest BCUT2D eigenvalue weighted by molar-refractivity contribution is 6.33. The summed E-state index contributed by atoms with van der Waals surface area (Å²) in [4.78, 5) is 25.1. The third-order valence-electron chi connectivity index (χ3n) is 2.65. The molecule has 0 aliphatic heterocycles. The summed E-state index contributed by atoms with van der Waals surface area (Å²) in [5.41, 5.74) is 12.4. The Labute approximate surface area is 111 Å². The van der Waals surface area contributed by atoms with Crippen molar-refractivity contribution in [1.82, 2.24) is 19.9 Å². The van der Waals surface area contributed by atoms with Crippen molar-refractivity contribution >= 4 is 34.4 Å². The highest BCUT2D eigenvalue weighted by atomic mass is 35.5. The largest absolute Gasteiger partial charge is 0.398 e. The van der Waals surface area contributed by atoms with Crippen LogP contribution in [0, 0.1) is 0 Å². The minimum absolute atomic E-state index is 0.0193. The maximum Gasteiger partial charge on any atom is 0.278 e. The number of anilines is 2. The van der Waals surface area contributed by atoms with Crippen LogP contribution in [0.2, 0.25) is 5.02 Å². The number of imidazole rings is 1. The molecule has 0 aliphatic carbocycles. The molecule has 0 bridgehead atoms. The highest BCUT2D eigenvalue weighted by Gasteiger charge is 2.11. The van der Waals surface area contributed by atoms with Crippen LogP contribution >= 0.6 is 11.6 Å². The van der Waals surface area contributed by atoms with Crippen LogP contribution in [0.5, 0.6) is 0 Å². The van der Waals surface area contributed by atoms with Gasteiger partial charge in [0.25, 0.3) is 5.56 Å². The molecule has 0 amide bonds. The molecule has 3 aromatic rings. The second-order valence-electron chi connectivity index (χ2n) is 3.97. The minimum atomic E-state index is -0.372. The summed E-state index contributed by atoms with van der Waals surface area (Å²) in [6.07, 6.45) is 0. The SMILES string of the molecule is Nc1nc2nc(-c3ccc(N)c(Cl)c3)[nH]c2c(=O)[nH]1. The number of H-pyrrole nitrogens is 2. The van der Waals surface area contributed by atoms with Gasteiger partial charge in [0.15, 0.2) is 11.2 Å². The average molecular weight is 277 g/mol. The predicted octanol–water partition coefficient (Wildman–Crippen LogP) is 1.13. The molecule has 8 heteroatoms. The molecule has 3 rings (SSSR count). The van der Waals surface area contributed by atoms with Gasteiger partial charge in [-0.3, -0.25) is 9.78 Å². The van der Waals surface area contributed by atoms with Crippen molar-refractivity contribution in [3.05, 3.63) is 33.6 Å². The number of fused-ring (bicyclic) bond motifs is 1. The molecule has 0 aliphatic rings. The number of nitrogens with two attached hydrogens (primary N) is 2. The van der Waals surface area contributed by atoms with Crippen LogP contribution in [0.15, 0.2) is 23.0 Å². The van der Waals surface area contributed by atoms with E-state index >= 15 is 0 Å². The molecule has 19 heavy (non-hydrogen) atoms. The highest BCUT2D eigenvalue weighted by Crippen LogP contribution is 2.25. The van der Waals surface area contributed by atoms with E-state index in [0.29, 0.717) is 22.1 Å². The molecule has 2 aromatic heterocycles. The summed E-state index contributed by atoms with van der Waals surface area (Å²) in [6, 6.07) is 5.07. The van der Waals surface area contributed by atoms with Crippen molar-refractivity contribution in [2.75, 3.05) is 11.5 Å². The first-order valence-electron chi connectivity index (χ1n) is 5.35. The molecule has 96 valence electrons. The number of halogens is 1. The van der Waals surface area contributed by atoms with Gasteiger partial charge in [0, 0.05) is 5.56 Å². The summed E-state index contributed by atoms with van der Waals surface area (Å²) in [5.74, 6) is 0.492. The Morgan fingerprint density at radius 1 is 1.16 bits per heavy atom. The van der Waals surface area contributed by atoms with Crippen molar-refractivity contribution in [3.63, 3.8) is 0 Å². The zero-order valence-electron chi connectivity index (χ0n) is 9.57. The monoisotopic (exact) mass is 276 g/mol. The predicted molar refractivity (Wildman–Crippen MR) is 73.8 cm³/mol. The van der Waals surface area contributed by atoms with E-state index in [9.17, 15) is 4.79 Å². The van der Waals surface area contributed by atoms with Crippen LogP contribution in [-0.4, -0.2) is 19.9 Å². The fourth-order valence-electron chi connectivity index (χ4n) is 1.74. The summed E-state index contributed by atoms with van der Waals surface area (Å²) in [6.45, 7) is 0. The Balaban J connectivity index is 2.23. The number of benzene rings is 1. The van der Waals surface area contributed by atoms with E-state index < -0.39 is 0 Å². The average Bonchev–Trinajstić information content (AvgIpc) is 2.76. The number of hydrogen-bond donors (Lipinski definition) is 4. The lowest BCUT2D eigenvalue weighted by molar-refractivity contribution is 1.17. The number of rotatable bonds is 1. The second kappa shape index (κ2) is 3.99. The maximum atomic E-state index is 11.7. The van der Waals surface area contributed by atoms with Crippen molar-refractivity contribution in [2.45, 2.75) is 0 Å². The zero-order chi connectivity index (χ0) is 13.6. The van der Waals surface area contributed by atoms with E-state index in [4.69, 9.17) is 23.1 Å². The van der Waals surface area contributed by atoms with Gasteiger partial charge in [-0.2, -0.15) is 4.98 Å². The molecule has 0 unspecified atom stereocenters. The van der Waals surface area contributed by atoms with Gasteiger partial charge in [0.05, 0.1) is 10.7 Å². The fourth-order valence-corrected chi connectivity index (χ4v) is 1.92. The lowest BCUT2D eigenvalue weighted by atomic mass is 10.2. The van der Waals surface area contributed by atoms with Crippen LogP contribution < -0.4 is 17.0 Å². The first-order chi connectivity index (χ1) is 9.04. The first-order valence-corrected chi connectivity index (χ1v) is 5.73. The van der Waals surface area contributed by atoms with Crippen LogP contribution in [0.1, 0.15) is 0 Å². The van der Waals surface area contributed by atoms with Gasteiger partial charge in [-0.05, 0) is 18.2 Å². The van der Waals surface area contributed by atoms with Crippen molar-refractivity contribution in [2.24, 2.45) is 0 Å². The van der Waals surface area contributed by atoms with Crippen LogP contribution in [0.4, 0.5) is 11.6 Å². The van der Waals surface area contributed by atoms with E-state index in [1.54, 1.807) is 18.2 Å². The van der Waals surface area contributed by atoms with E-state index in [1.807, 2.05) is 0 Å². The number of nitrogens with zero attached hydrogens (tertiary/aromatic N) is 2. The molecule has 0 spiro atoms. The molecular weight excluding hydrogens is 268 g/mol. The normalized spacial score (nSPS) is 11.0. The van der Waals surface area contributed by atoms with Gasteiger partial charge in [-0.1, -0.05) is 11.6 Å². The zero-order valence-corrected chi connectivity index (χ0v) is 10.3. The fraction of sp³-hybridized carbons (Fsp3) is 0. The van der Waals surface area contributed by atoms with E-state index in [0.717, 1.165) is 0 Å². The lowest BCUT2D eigenvalue weighted by Crippen LogP contribution is -2.10. The molecule has 0 radical (unpaired) electrons. The molecule has 7 nitrogen and oxygen atoms in total. The lowest BCUT2D eigenvalue weighted by Gasteiger charge is -2.00. The molecule has 0 saturated heterocycles. The van der Waals surface area contributed by atoms with Gasteiger partial charge in [0.2, 0.25) is 5.95 Å². The molecule has 0 saturated carbocycles. The summed E-state index contributed by atoms with van der Waals surface area (Å²) >= 11 is 5.95. The maximum absolute atomic E-state index is 11.7. The van der Waals surface area contributed by atoms with Crippen LogP contribution in [0.3, 0.4) is 0 Å². The molecule has 0 fully saturated rings. The summed E-state index contributed by atoms with van der Waals surface area (Å²) in [7, 11) is 0. The molecule has 0 atom stereocenters. The van der Waals surface area contributed by atoms with Crippen molar-refractivity contribution in [3.8, 4) is 11.4 Å². The van der Waals surface area contributed by atoms with Gasteiger partial charge < -0.3 is 16.5 Å². The Bertz CT molecular complexity index is 837. The van der Waals surface area contributed by atoms with Gasteiger partial charge in [-0.15, -0.1) is 0 Å². The van der Waals surface area contributed by atoms with Crippen molar-refractivity contribution < 1.29 is 0 Å². The minimum Gasteiger partial charge on any atom is -0.398 e. The number of hydrogen-bond acceptors (Lipinski definition) is 5. The molecule has 1 aromatic carbocycles. The van der Waals surface area contributed by atoms with E-state index in [2.05, 4.69) is 19.9 Å². The third-order valence-corrected chi connectivity index (χ3v) is 2.98. The van der Waals surface area contributed by atoms with E-state index in [-0.39, 0.29) is 22.7 Å². The van der Waals surface area contributed by atoms with Gasteiger partial charge in [0.1, 0.15) is 5.82 Å². The van der Waals surface area contributed by atoms with Gasteiger partial charge in [-0.25, -0.2) is 4.98 Å². The Hall–Kier alpha value is -2.54. The summed E-state index contributed by atoms with van der Waals surface area (Å²) < 4.78 is 0. The topological polar surface area (TPSA) is 126 Å². The molecular formula is C11H9ClN6O. The number of nitrogens with one attached hydrogen (secondary N) is 2. The summed E-state index contributed by atoms with van der Waals surface area (Å²) in [5, 5.41) is 0.416. The number of nitrogen functional groups attached to an aromatic ring is 2. The second-order valence-corrected chi connectivity index (χ2v) is 4.38. The number of aromatic nitrogens is 4. The molecule has 6 N–H and O–H groups in total. The van der Waals surface area contributed by atoms with Gasteiger partial charge >= 0.3 is 0 Å². The number of aromatic amines is 2. The quantitative estimate of drug-likeness (QED) is 0.496. The third kappa shape index (κ3) is 1.89. The van der Waals surface area contributed by atoms with E-state index in [1.165, 1.54) is 0 Å². The van der Waals surface area contributed by atoms with Crippen LogP contribution in [0.25, 0.3) is 22.6 Å².